The first-order valence-corrected chi connectivity index (χ1v) is 5.24. The summed E-state index contributed by atoms with van der Waals surface area (Å²) in [6.07, 6.45) is 1.46. The van der Waals surface area contributed by atoms with Crippen LogP contribution in [0.15, 0.2) is 18.3 Å². The predicted octanol–water partition coefficient (Wildman–Crippen LogP) is 2.44. The Labute approximate surface area is 95.6 Å². The first-order chi connectivity index (χ1) is 7.42. The molecule has 0 bridgehead atoms. The fraction of sp³-hybridized carbons (Fsp3) is 0.500. The smallest absolute Gasteiger partial charge is 0.339 e. The molecule has 4 nitrogen and oxygen atoms in total. The van der Waals surface area contributed by atoms with Crippen LogP contribution in [0.4, 0.5) is 0 Å². The van der Waals surface area contributed by atoms with Gasteiger partial charge in [-0.2, -0.15) is 0 Å². The van der Waals surface area contributed by atoms with Gasteiger partial charge in [0.25, 0.3) is 0 Å². The van der Waals surface area contributed by atoms with Crippen LogP contribution in [0, 0.1) is 0 Å². The van der Waals surface area contributed by atoms with E-state index in [4.69, 9.17) is 9.47 Å². The number of hydrogen-bond donors (Lipinski definition) is 0. The molecule has 0 saturated heterocycles. The van der Waals surface area contributed by atoms with E-state index in [1.165, 1.54) is 6.20 Å². The second-order valence-electron chi connectivity index (χ2n) is 4.32. The molecule has 0 radical (unpaired) electrons. The van der Waals surface area contributed by atoms with E-state index in [1.54, 1.807) is 19.1 Å². The maximum atomic E-state index is 11.3. The van der Waals surface area contributed by atoms with E-state index in [0.717, 1.165) is 0 Å². The predicted molar refractivity (Wildman–Crippen MR) is 60.6 cm³/mol. The SMILES string of the molecule is CCOC(=O)c1ccc(OC(C)(C)C)nc1. The van der Waals surface area contributed by atoms with Crippen molar-refractivity contribution in [3.05, 3.63) is 23.9 Å². The third-order valence-corrected chi connectivity index (χ3v) is 1.66. The van der Waals surface area contributed by atoms with Crippen molar-refractivity contribution >= 4 is 5.97 Å². The maximum Gasteiger partial charge on any atom is 0.339 e. The maximum absolute atomic E-state index is 11.3. The Kier molecular flexibility index (Phi) is 3.88. The number of hydrogen-bond acceptors (Lipinski definition) is 4. The molecule has 0 aromatic carbocycles. The van der Waals surface area contributed by atoms with Crippen molar-refractivity contribution in [3.63, 3.8) is 0 Å². The van der Waals surface area contributed by atoms with E-state index in [9.17, 15) is 4.79 Å². The molecule has 1 aromatic rings. The summed E-state index contributed by atoms with van der Waals surface area (Å²) in [4.78, 5) is 15.4. The summed E-state index contributed by atoms with van der Waals surface area (Å²) >= 11 is 0. The largest absolute Gasteiger partial charge is 0.472 e. The van der Waals surface area contributed by atoms with Crippen LogP contribution in [0.25, 0.3) is 0 Å². The summed E-state index contributed by atoms with van der Waals surface area (Å²) in [7, 11) is 0. The zero-order chi connectivity index (χ0) is 12.2. The van der Waals surface area contributed by atoms with Crippen molar-refractivity contribution in [3.8, 4) is 5.88 Å². The highest BCUT2D eigenvalue weighted by Crippen LogP contribution is 2.15. The molecule has 88 valence electrons. The van der Waals surface area contributed by atoms with Gasteiger partial charge in [-0.25, -0.2) is 9.78 Å². The Morgan fingerprint density at radius 3 is 2.50 bits per heavy atom. The van der Waals surface area contributed by atoms with Crippen LogP contribution in [-0.2, 0) is 4.74 Å². The molecule has 1 rings (SSSR count). The summed E-state index contributed by atoms with van der Waals surface area (Å²) in [5.41, 5.74) is 0.140. The molecule has 0 aliphatic carbocycles. The van der Waals surface area contributed by atoms with Crippen molar-refractivity contribution in [2.24, 2.45) is 0 Å². The fourth-order valence-electron chi connectivity index (χ4n) is 1.09. The zero-order valence-electron chi connectivity index (χ0n) is 10.1. The van der Waals surface area contributed by atoms with Gasteiger partial charge in [-0.05, 0) is 33.8 Å². The summed E-state index contributed by atoms with van der Waals surface area (Å²) < 4.78 is 10.4. The molecule has 0 saturated carbocycles. The van der Waals surface area contributed by atoms with E-state index in [0.29, 0.717) is 18.1 Å². The first kappa shape index (κ1) is 12.5. The molecule has 1 heterocycles. The summed E-state index contributed by atoms with van der Waals surface area (Å²) in [5, 5.41) is 0. The van der Waals surface area contributed by atoms with E-state index in [-0.39, 0.29) is 11.6 Å². The van der Waals surface area contributed by atoms with E-state index >= 15 is 0 Å². The molecular formula is C12H17NO3. The second-order valence-corrected chi connectivity index (χ2v) is 4.32. The fourth-order valence-corrected chi connectivity index (χ4v) is 1.09. The minimum absolute atomic E-state index is 0.293. The number of nitrogens with zero attached hydrogens (tertiary/aromatic N) is 1. The topological polar surface area (TPSA) is 48.4 Å². The van der Waals surface area contributed by atoms with Crippen LogP contribution in [-0.4, -0.2) is 23.2 Å². The molecule has 0 spiro atoms. The van der Waals surface area contributed by atoms with Crippen LogP contribution in [0.5, 0.6) is 5.88 Å². The standard InChI is InChI=1S/C12H17NO3/c1-5-15-11(14)9-6-7-10(13-8-9)16-12(2,3)4/h6-8H,5H2,1-4H3. The Bertz CT molecular complexity index is 352. The van der Waals surface area contributed by atoms with Gasteiger partial charge < -0.3 is 9.47 Å². The quantitative estimate of drug-likeness (QED) is 0.738. The highest BCUT2D eigenvalue weighted by molar-refractivity contribution is 5.89. The summed E-state index contributed by atoms with van der Waals surface area (Å²) in [6.45, 7) is 7.94. The van der Waals surface area contributed by atoms with Crippen molar-refractivity contribution in [2.75, 3.05) is 6.61 Å². The highest BCUT2D eigenvalue weighted by atomic mass is 16.5. The molecule has 0 atom stereocenters. The van der Waals surface area contributed by atoms with Crippen LogP contribution in [0.2, 0.25) is 0 Å². The van der Waals surface area contributed by atoms with Gasteiger partial charge in [-0.3, -0.25) is 0 Å². The number of pyridine rings is 1. The Morgan fingerprint density at radius 1 is 1.38 bits per heavy atom. The number of ether oxygens (including phenoxy) is 2. The van der Waals surface area contributed by atoms with Gasteiger partial charge in [0.05, 0.1) is 12.2 Å². The zero-order valence-corrected chi connectivity index (χ0v) is 10.1. The number of rotatable bonds is 3. The molecule has 0 aliphatic heterocycles. The van der Waals surface area contributed by atoms with Crippen molar-refractivity contribution in [1.82, 2.24) is 4.98 Å². The van der Waals surface area contributed by atoms with Crippen molar-refractivity contribution in [1.29, 1.82) is 0 Å². The highest BCUT2D eigenvalue weighted by Gasteiger charge is 2.13. The van der Waals surface area contributed by atoms with Crippen LogP contribution < -0.4 is 4.74 Å². The Hall–Kier alpha value is -1.58. The number of aromatic nitrogens is 1. The molecule has 16 heavy (non-hydrogen) atoms. The number of esters is 1. The lowest BCUT2D eigenvalue weighted by Crippen LogP contribution is -2.23. The molecule has 0 N–H and O–H groups in total. The van der Waals surface area contributed by atoms with Gasteiger partial charge >= 0.3 is 5.97 Å². The molecule has 0 fully saturated rings. The Morgan fingerprint density at radius 2 is 2.06 bits per heavy atom. The van der Waals surface area contributed by atoms with Crippen molar-refractivity contribution < 1.29 is 14.3 Å². The lowest BCUT2D eigenvalue weighted by atomic mass is 10.2. The van der Waals surface area contributed by atoms with E-state index in [2.05, 4.69) is 4.98 Å². The van der Waals surface area contributed by atoms with Gasteiger partial charge in [0.15, 0.2) is 0 Å². The van der Waals surface area contributed by atoms with Crippen LogP contribution in [0.3, 0.4) is 0 Å². The number of carbonyl (C=O) groups is 1. The average molecular weight is 223 g/mol. The van der Waals surface area contributed by atoms with Gasteiger partial charge in [0, 0.05) is 12.3 Å². The number of carbonyl (C=O) groups excluding carboxylic acids is 1. The lowest BCUT2D eigenvalue weighted by molar-refractivity contribution is 0.0525. The van der Waals surface area contributed by atoms with E-state index < -0.39 is 0 Å². The molecule has 0 amide bonds. The van der Waals surface area contributed by atoms with Gasteiger partial charge in [-0.1, -0.05) is 0 Å². The molecule has 1 aromatic heterocycles. The first-order valence-electron chi connectivity index (χ1n) is 5.24. The molecular weight excluding hydrogens is 206 g/mol. The normalized spacial score (nSPS) is 11.0. The molecule has 0 aliphatic rings. The summed E-state index contributed by atoms with van der Waals surface area (Å²) in [5.74, 6) is 0.137. The van der Waals surface area contributed by atoms with Crippen LogP contribution >= 0.6 is 0 Å². The lowest BCUT2D eigenvalue weighted by Gasteiger charge is -2.20. The van der Waals surface area contributed by atoms with E-state index in [1.807, 2.05) is 20.8 Å². The second kappa shape index (κ2) is 4.96. The minimum atomic E-state index is -0.364. The average Bonchev–Trinajstić information content (AvgIpc) is 2.16. The molecule has 0 unspecified atom stereocenters. The summed E-state index contributed by atoms with van der Waals surface area (Å²) in [6, 6.07) is 3.31. The third-order valence-electron chi connectivity index (χ3n) is 1.66. The van der Waals surface area contributed by atoms with Crippen LogP contribution in [0.1, 0.15) is 38.1 Å². The van der Waals surface area contributed by atoms with Crippen molar-refractivity contribution in [2.45, 2.75) is 33.3 Å². The Balaban J connectivity index is 2.72. The van der Waals surface area contributed by atoms with Gasteiger partial charge in [0.2, 0.25) is 5.88 Å². The molecule has 4 heteroatoms. The monoisotopic (exact) mass is 223 g/mol. The minimum Gasteiger partial charge on any atom is -0.472 e. The van der Waals surface area contributed by atoms with Gasteiger partial charge in [0.1, 0.15) is 5.60 Å². The van der Waals surface area contributed by atoms with Gasteiger partial charge in [-0.15, -0.1) is 0 Å². The third kappa shape index (κ3) is 3.88.